The summed E-state index contributed by atoms with van der Waals surface area (Å²) in [6.45, 7) is 10.9. The predicted molar refractivity (Wildman–Crippen MR) is 160 cm³/mol. The average molecular weight is 542 g/mol. The zero-order valence-corrected chi connectivity index (χ0v) is 23.9. The third-order valence-electron chi connectivity index (χ3n) is 6.65. The summed E-state index contributed by atoms with van der Waals surface area (Å²) in [5.74, 6) is 1.24. The Morgan fingerprint density at radius 1 is 0.842 bits per heavy atom. The molecule has 0 fully saturated rings. The number of carbonyl (C=O) groups is 1. The monoisotopic (exact) mass is 541 g/mol. The summed E-state index contributed by atoms with van der Waals surface area (Å²) in [6.07, 6.45) is 1.57. The van der Waals surface area contributed by atoms with E-state index in [0.29, 0.717) is 34.8 Å². The zero-order valence-electron chi connectivity index (χ0n) is 22.2. The van der Waals surface area contributed by atoms with E-state index in [2.05, 4.69) is 96.9 Å². The second-order valence-electron chi connectivity index (χ2n) is 9.80. The number of nitrogens with one attached hydrogen (secondary N) is 1. The minimum absolute atomic E-state index is 0.304. The van der Waals surface area contributed by atoms with Gasteiger partial charge in [0.15, 0.2) is 0 Å². The number of hydrogen-bond acceptors (Lipinski definition) is 7. The van der Waals surface area contributed by atoms with Crippen LogP contribution in [0.15, 0.2) is 65.6 Å². The van der Waals surface area contributed by atoms with Gasteiger partial charge in [-0.2, -0.15) is 0 Å². The van der Waals surface area contributed by atoms with E-state index in [-0.39, 0.29) is 5.97 Å². The molecule has 5 nitrogen and oxygen atoms in total. The third kappa shape index (κ3) is 5.08. The molecular formula is C31H31N3O2S2. The van der Waals surface area contributed by atoms with Gasteiger partial charge in [-0.3, -0.25) is 0 Å². The van der Waals surface area contributed by atoms with Crippen LogP contribution in [0.2, 0.25) is 0 Å². The molecule has 5 aromatic rings. The number of ether oxygens (including phenoxy) is 1. The summed E-state index contributed by atoms with van der Waals surface area (Å²) in [7, 11) is 0. The fourth-order valence-electron chi connectivity index (χ4n) is 4.45. The molecular weight excluding hydrogens is 510 g/mol. The van der Waals surface area contributed by atoms with Crippen LogP contribution >= 0.6 is 22.7 Å². The van der Waals surface area contributed by atoms with Crippen LogP contribution in [0.3, 0.4) is 0 Å². The fourth-order valence-corrected chi connectivity index (χ4v) is 6.33. The van der Waals surface area contributed by atoms with Gasteiger partial charge < -0.3 is 10.1 Å². The van der Waals surface area contributed by atoms with Crippen LogP contribution < -0.4 is 5.32 Å². The number of rotatable bonds is 8. The number of fused-ring (bicyclic) bond motifs is 1. The summed E-state index contributed by atoms with van der Waals surface area (Å²) in [4.78, 5) is 23.2. The van der Waals surface area contributed by atoms with E-state index in [1.807, 2.05) is 12.3 Å². The predicted octanol–water partition coefficient (Wildman–Crippen LogP) is 9.25. The molecule has 38 heavy (non-hydrogen) atoms. The van der Waals surface area contributed by atoms with E-state index in [0.717, 1.165) is 32.5 Å². The lowest BCUT2D eigenvalue weighted by molar-refractivity contribution is 0.0529. The molecule has 0 atom stereocenters. The highest BCUT2D eigenvalue weighted by atomic mass is 32.1. The topological polar surface area (TPSA) is 64.1 Å². The van der Waals surface area contributed by atoms with E-state index < -0.39 is 0 Å². The normalized spacial score (nSPS) is 11.4. The molecule has 3 heterocycles. The van der Waals surface area contributed by atoms with Gasteiger partial charge in [0.25, 0.3) is 0 Å². The summed E-state index contributed by atoms with van der Waals surface area (Å²) in [5, 5.41) is 9.26. The lowest BCUT2D eigenvalue weighted by Crippen LogP contribution is -2.08. The Morgan fingerprint density at radius 2 is 1.42 bits per heavy atom. The van der Waals surface area contributed by atoms with Crippen LogP contribution in [0.4, 0.5) is 10.8 Å². The van der Waals surface area contributed by atoms with Crippen molar-refractivity contribution in [2.45, 2.75) is 46.5 Å². The zero-order chi connectivity index (χ0) is 26.8. The Balaban J connectivity index is 1.57. The molecule has 0 aliphatic heterocycles. The summed E-state index contributed by atoms with van der Waals surface area (Å²) < 4.78 is 5.48. The Kier molecular flexibility index (Phi) is 7.58. The van der Waals surface area contributed by atoms with Crippen LogP contribution in [0.5, 0.6) is 0 Å². The number of aromatic nitrogens is 2. The highest BCUT2D eigenvalue weighted by molar-refractivity contribution is 7.17. The fraction of sp³-hybridized carbons (Fsp3) is 0.258. The summed E-state index contributed by atoms with van der Waals surface area (Å²) in [6, 6.07) is 17.1. The second kappa shape index (κ2) is 11.1. The van der Waals surface area contributed by atoms with E-state index in [9.17, 15) is 4.79 Å². The molecule has 0 aliphatic rings. The van der Waals surface area contributed by atoms with Crippen molar-refractivity contribution in [3.63, 3.8) is 0 Å². The molecule has 0 saturated carbocycles. The van der Waals surface area contributed by atoms with Crippen LogP contribution in [-0.2, 0) is 4.74 Å². The van der Waals surface area contributed by atoms with Crippen molar-refractivity contribution in [3.8, 4) is 22.3 Å². The molecule has 2 aromatic carbocycles. The number of hydrogen-bond donors (Lipinski definition) is 1. The maximum Gasteiger partial charge on any atom is 0.341 e. The highest BCUT2D eigenvalue weighted by Gasteiger charge is 2.23. The molecule has 0 radical (unpaired) electrons. The standard InChI is InChI=1S/C31H31N3O2S2/c1-6-36-31(35)27-25(23-13-9-21(10-14-23)19(4)5)16-38-30(27)34-28-26-24(15-37-29(26)33-17-32-28)22-11-7-20(8-12-22)18(2)3/h7-19H,6H2,1-5H3,(H,32,33,34). The number of benzene rings is 2. The first-order valence-corrected chi connectivity index (χ1v) is 14.6. The number of anilines is 2. The van der Waals surface area contributed by atoms with Gasteiger partial charge in [-0.15, -0.1) is 22.7 Å². The van der Waals surface area contributed by atoms with Crippen LogP contribution in [0, 0.1) is 0 Å². The molecule has 7 heteroatoms. The first-order chi connectivity index (χ1) is 18.4. The van der Waals surface area contributed by atoms with Gasteiger partial charge in [0.05, 0.1) is 12.0 Å². The number of carbonyl (C=O) groups excluding carboxylic acids is 1. The lowest BCUT2D eigenvalue weighted by Gasteiger charge is -2.12. The maximum absolute atomic E-state index is 13.2. The van der Waals surface area contributed by atoms with Gasteiger partial charge in [-0.1, -0.05) is 76.2 Å². The van der Waals surface area contributed by atoms with Gasteiger partial charge >= 0.3 is 5.97 Å². The van der Waals surface area contributed by atoms with Gasteiger partial charge in [0.2, 0.25) is 0 Å². The summed E-state index contributed by atoms with van der Waals surface area (Å²) in [5.41, 5.74) is 7.11. The number of esters is 1. The minimum Gasteiger partial charge on any atom is -0.462 e. The van der Waals surface area contributed by atoms with E-state index in [1.165, 1.54) is 22.5 Å². The molecule has 5 rings (SSSR count). The molecule has 0 saturated heterocycles. The van der Waals surface area contributed by atoms with E-state index in [1.54, 1.807) is 17.7 Å². The molecule has 0 amide bonds. The van der Waals surface area contributed by atoms with Crippen LogP contribution in [0.1, 0.15) is 67.9 Å². The summed E-state index contributed by atoms with van der Waals surface area (Å²) >= 11 is 3.07. The first-order valence-electron chi connectivity index (χ1n) is 12.9. The molecule has 0 aliphatic carbocycles. The Hall–Kier alpha value is -3.55. The van der Waals surface area contributed by atoms with Gasteiger partial charge in [0, 0.05) is 21.9 Å². The van der Waals surface area contributed by atoms with Crippen molar-refractivity contribution in [2.24, 2.45) is 0 Å². The SMILES string of the molecule is CCOC(=O)c1c(-c2ccc(C(C)C)cc2)csc1Nc1ncnc2scc(-c3ccc(C(C)C)cc3)c12. The second-order valence-corrected chi connectivity index (χ2v) is 11.5. The molecule has 0 bridgehead atoms. The van der Waals surface area contributed by atoms with Crippen LogP contribution in [0.25, 0.3) is 32.5 Å². The van der Waals surface area contributed by atoms with Crippen molar-refractivity contribution in [1.29, 1.82) is 0 Å². The molecule has 0 unspecified atom stereocenters. The largest absolute Gasteiger partial charge is 0.462 e. The van der Waals surface area contributed by atoms with Crippen molar-refractivity contribution < 1.29 is 9.53 Å². The van der Waals surface area contributed by atoms with Crippen molar-refractivity contribution in [2.75, 3.05) is 11.9 Å². The maximum atomic E-state index is 13.2. The highest BCUT2D eigenvalue weighted by Crippen LogP contribution is 2.42. The smallest absolute Gasteiger partial charge is 0.341 e. The van der Waals surface area contributed by atoms with Crippen molar-refractivity contribution in [3.05, 3.63) is 82.3 Å². The minimum atomic E-state index is -0.348. The molecule has 3 aromatic heterocycles. The van der Waals surface area contributed by atoms with E-state index in [4.69, 9.17) is 4.74 Å². The Labute approximate surface area is 231 Å². The van der Waals surface area contributed by atoms with Crippen molar-refractivity contribution >= 4 is 49.7 Å². The third-order valence-corrected chi connectivity index (χ3v) is 8.43. The molecule has 0 spiro atoms. The van der Waals surface area contributed by atoms with Gasteiger partial charge in [-0.05, 0) is 41.0 Å². The quantitative estimate of drug-likeness (QED) is 0.198. The van der Waals surface area contributed by atoms with E-state index >= 15 is 0 Å². The Morgan fingerprint density at radius 3 is 2.00 bits per heavy atom. The van der Waals surface area contributed by atoms with Gasteiger partial charge in [0.1, 0.15) is 27.5 Å². The molecule has 194 valence electrons. The lowest BCUT2D eigenvalue weighted by atomic mass is 9.98. The Bertz CT molecular complexity index is 1570. The van der Waals surface area contributed by atoms with Crippen LogP contribution in [-0.4, -0.2) is 22.5 Å². The first kappa shape index (κ1) is 26.1. The number of nitrogens with zero attached hydrogens (tertiary/aromatic N) is 2. The number of thiophene rings is 2. The molecule has 1 N–H and O–H groups in total. The van der Waals surface area contributed by atoms with Gasteiger partial charge in [-0.25, -0.2) is 14.8 Å². The van der Waals surface area contributed by atoms with Crippen molar-refractivity contribution in [1.82, 2.24) is 9.97 Å². The average Bonchev–Trinajstić information content (AvgIpc) is 3.54.